The van der Waals surface area contributed by atoms with E-state index in [4.69, 9.17) is 16.3 Å². The normalized spacial score (nSPS) is 16.2. The number of rotatable bonds is 9. The number of benzene rings is 1. The second-order valence-corrected chi connectivity index (χ2v) is 11.3. The quantitative estimate of drug-likeness (QED) is 0.368. The van der Waals surface area contributed by atoms with Crippen LogP contribution in [-0.2, 0) is 24.9 Å². The van der Waals surface area contributed by atoms with E-state index >= 15 is 0 Å². The van der Waals surface area contributed by atoms with Crippen LogP contribution in [0.1, 0.15) is 44.1 Å². The van der Waals surface area contributed by atoms with Gasteiger partial charge >= 0.3 is 5.69 Å². The van der Waals surface area contributed by atoms with Gasteiger partial charge in [-0.1, -0.05) is 49.4 Å². The third kappa shape index (κ3) is 5.03. The lowest BCUT2D eigenvalue weighted by Gasteiger charge is -2.23. The highest BCUT2D eigenvalue weighted by atomic mass is 127. The predicted molar refractivity (Wildman–Crippen MR) is 136 cm³/mol. The maximum absolute atomic E-state index is 13.4. The molecule has 1 aromatic carbocycles. The number of hydrogen-bond acceptors (Lipinski definition) is 5. The Balaban J connectivity index is 1.66. The van der Waals surface area contributed by atoms with Gasteiger partial charge in [-0.2, -0.15) is 0 Å². The van der Waals surface area contributed by atoms with Gasteiger partial charge in [0.25, 0.3) is 5.56 Å². The summed E-state index contributed by atoms with van der Waals surface area (Å²) in [7, 11) is 1.72. The van der Waals surface area contributed by atoms with Crippen LogP contribution in [0.5, 0.6) is 0 Å². The first-order chi connectivity index (χ1) is 15.5. The molecule has 9 heteroatoms. The van der Waals surface area contributed by atoms with E-state index in [9.17, 15) is 14.7 Å². The number of fused-ring (bicyclic) bond motifs is 1. The summed E-state index contributed by atoms with van der Waals surface area (Å²) in [5.41, 5.74) is 0.905. The van der Waals surface area contributed by atoms with Crippen LogP contribution >= 0.6 is 32.3 Å². The summed E-state index contributed by atoms with van der Waals surface area (Å²) in [5.74, 6) is 0.724. The van der Waals surface area contributed by atoms with Crippen molar-refractivity contribution in [3.8, 4) is 0 Å². The summed E-state index contributed by atoms with van der Waals surface area (Å²) in [4.78, 5) is 28.2. The first-order valence-corrected chi connectivity index (χ1v) is 13.6. The second-order valence-electron chi connectivity index (χ2n) is 8.36. The largest absolute Gasteiger partial charge is 0.396 e. The van der Waals surface area contributed by atoms with E-state index in [1.807, 2.05) is 29.2 Å². The molecular weight excluding hydrogens is 545 g/mol. The average molecular weight is 574 g/mol. The Labute approximate surface area is 202 Å². The standard InChI is InChI=1S/C23H29ClIN3O4/c1-26-20-19(21(30)27(23(26)31)12-4-13-29)28(15-17-7-9-18(24)10-8-17)22(25-20)32-14-11-16-5-2-3-6-16/h7-10,16,29H,2-6,11-15H2,1H3. The van der Waals surface area contributed by atoms with Crippen molar-refractivity contribution >= 4 is 41.8 Å². The number of halogens is 2. The lowest BCUT2D eigenvalue weighted by Crippen LogP contribution is -2.44. The molecule has 0 spiro atoms. The van der Waals surface area contributed by atoms with Crippen LogP contribution in [0, 0.1) is 9.62 Å². The molecule has 1 aromatic heterocycles. The maximum atomic E-state index is 13.4. The van der Waals surface area contributed by atoms with Gasteiger partial charge in [-0.25, -0.2) is 4.79 Å². The Kier molecular flexibility index (Phi) is 7.86. The molecule has 174 valence electrons. The highest BCUT2D eigenvalue weighted by Crippen LogP contribution is 2.34. The SMILES string of the molecule is Cn1c2c(c(=O)n(CCCO)c1=O)N(Cc1ccc(Cl)cc1)C(OCCC1CCCC1)=I2. The fourth-order valence-corrected chi connectivity index (χ4v) is 7.32. The molecule has 4 rings (SSSR count). The zero-order valence-electron chi connectivity index (χ0n) is 18.2. The number of nitrogens with zero attached hydrogens (tertiary/aromatic N) is 3. The van der Waals surface area contributed by atoms with E-state index in [0.717, 1.165) is 25.4 Å². The van der Waals surface area contributed by atoms with Gasteiger partial charge in [0.15, 0.2) is 3.82 Å². The molecule has 32 heavy (non-hydrogen) atoms. The number of aromatic nitrogens is 2. The molecular formula is C23H29ClIN3O4. The molecule has 0 radical (unpaired) electrons. The summed E-state index contributed by atoms with van der Waals surface area (Å²) in [5, 5.41) is 9.87. The van der Waals surface area contributed by atoms with Crippen LogP contribution in [-0.4, -0.2) is 31.3 Å². The van der Waals surface area contributed by atoms with Gasteiger partial charge in [-0.15, -0.1) is 0 Å². The van der Waals surface area contributed by atoms with Gasteiger partial charge in [-0.3, -0.25) is 13.9 Å². The van der Waals surface area contributed by atoms with Crippen molar-refractivity contribution < 1.29 is 9.84 Å². The number of ether oxygens (including phenoxy) is 1. The molecule has 1 fully saturated rings. The van der Waals surface area contributed by atoms with Gasteiger partial charge < -0.3 is 14.7 Å². The molecule has 1 saturated carbocycles. The van der Waals surface area contributed by atoms with Crippen molar-refractivity contribution in [1.29, 1.82) is 0 Å². The molecule has 0 bridgehead atoms. The molecule has 0 saturated heterocycles. The first kappa shape index (κ1) is 23.7. The van der Waals surface area contributed by atoms with Crippen molar-refractivity contribution in [2.75, 3.05) is 18.1 Å². The third-order valence-corrected chi connectivity index (χ3v) is 9.48. The molecule has 2 aliphatic rings. The number of anilines is 1. The Morgan fingerprint density at radius 1 is 1.19 bits per heavy atom. The summed E-state index contributed by atoms with van der Waals surface area (Å²) >= 11 is 5.25. The molecule has 0 unspecified atom stereocenters. The first-order valence-electron chi connectivity index (χ1n) is 11.1. The van der Waals surface area contributed by atoms with Crippen LogP contribution in [0.2, 0.25) is 5.02 Å². The van der Waals surface area contributed by atoms with Gasteiger partial charge in [0, 0.05) is 25.2 Å². The van der Waals surface area contributed by atoms with E-state index in [1.54, 1.807) is 11.6 Å². The monoisotopic (exact) mass is 573 g/mol. The van der Waals surface area contributed by atoms with Crippen LogP contribution in [0.4, 0.5) is 5.69 Å². The molecule has 1 N–H and O–H groups in total. The van der Waals surface area contributed by atoms with Crippen molar-refractivity contribution in [3.05, 3.63) is 59.4 Å². The molecule has 2 heterocycles. The van der Waals surface area contributed by atoms with Crippen LogP contribution in [0.3, 0.4) is 0 Å². The Morgan fingerprint density at radius 3 is 2.59 bits per heavy atom. The number of aliphatic hydroxyl groups excluding tert-OH is 1. The topological polar surface area (TPSA) is 76.7 Å². The Hall–Kier alpha value is -1.49. The molecule has 1 aliphatic heterocycles. The highest BCUT2D eigenvalue weighted by Gasteiger charge is 2.31. The molecule has 2 aromatic rings. The zero-order chi connectivity index (χ0) is 22.7. The molecule has 1 aliphatic carbocycles. The van der Waals surface area contributed by atoms with Crippen molar-refractivity contribution in [2.45, 2.75) is 51.6 Å². The Morgan fingerprint density at radius 2 is 1.91 bits per heavy atom. The van der Waals surface area contributed by atoms with Gasteiger partial charge in [-0.05, 0) is 57.2 Å². The molecule has 0 atom stereocenters. The van der Waals surface area contributed by atoms with E-state index in [0.29, 0.717) is 30.3 Å². The average Bonchev–Trinajstić information content (AvgIpc) is 3.42. The lowest BCUT2D eigenvalue weighted by molar-refractivity contribution is 0.269. The smallest absolute Gasteiger partial charge is 0.331 e. The van der Waals surface area contributed by atoms with Crippen molar-refractivity contribution in [1.82, 2.24) is 9.13 Å². The summed E-state index contributed by atoms with van der Waals surface area (Å²) in [6.07, 6.45) is 6.53. The van der Waals surface area contributed by atoms with Crippen LogP contribution in [0.25, 0.3) is 0 Å². The second kappa shape index (κ2) is 10.6. The van der Waals surface area contributed by atoms with E-state index < -0.39 is 20.7 Å². The van der Waals surface area contributed by atoms with Gasteiger partial charge in [0.05, 0.1) is 13.2 Å². The minimum absolute atomic E-state index is 0.0737. The van der Waals surface area contributed by atoms with Crippen LogP contribution < -0.4 is 16.1 Å². The third-order valence-electron chi connectivity index (χ3n) is 6.12. The lowest BCUT2D eigenvalue weighted by atomic mass is 10.1. The van der Waals surface area contributed by atoms with Gasteiger partial charge in [0.2, 0.25) is 0 Å². The Bertz CT molecular complexity index is 1100. The molecule has 7 nitrogen and oxygen atoms in total. The van der Waals surface area contributed by atoms with Crippen molar-refractivity contribution in [2.24, 2.45) is 13.0 Å². The summed E-state index contributed by atoms with van der Waals surface area (Å²) in [6.45, 7) is 1.24. The number of aliphatic hydroxyl groups is 1. The molecule has 0 amide bonds. The number of hydrogen-bond donors (Lipinski definition) is 1. The maximum Gasteiger partial charge on any atom is 0.331 e. The van der Waals surface area contributed by atoms with E-state index in [1.165, 1.54) is 30.3 Å². The summed E-state index contributed by atoms with van der Waals surface area (Å²) < 4.78 is 10.7. The van der Waals surface area contributed by atoms with Gasteiger partial charge in [0.1, 0.15) is 9.39 Å². The van der Waals surface area contributed by atoms with E-state index in [-0.39, 0.29) is 24.4 Å². The fraction of sp³-hybridized carbons (Fsp3) is 0.522. The zero-order valence-corrected chi connectivity index (χ0v) is 21.1. The minimum Gasteiger partial charge on any atom is -0.396 e. The van der Waals surface area contributed by atoms with Crippen molar-refractivity contribution in [3.63, 3.8) is 0 Å². The van der Waals surface area contributed by atoms with Crippen LogP contribution in [0.15, 0.2) is 33.9 Å². The minimum atomic E-state index is -0.801. The summed E-state index contributed by atoms with van der Waals surface area (Å²) in [6, 6.07) is 7.57. The highest BCUT2D eigenvalue weighted by molar-refractivity contribution is 14.2. The fourth-order valence-electron chi connectivity index (χ4n) is 4.33. The van der Waals surface area contributed by atoms with E-state index in [2.05, 4.69) is 0 Å². The predicted octanol–water partition coefficient (Wildman–Crippen LogP) is 3.43.